The first-order chi connectivity index (χ1) is 9.05. The molecule has 102 valence electrons. The van der Waals surface area contributed by atoms with Gasteiger partial charge in [-0.25, -0.2) is 0 Å². The molecule has 0 unspecified atom stereocenters. The summed E-state index contributed by atoms with van der Waals surface area (Å²) in [5, 5.41) is 0. The van der Waals surface area contributed by atoms with Crippen molar-refractivity contribution in [3.05, 3.63) is 22.2 Å². The molecule has 1 fully saturated rings. The van der Waals surface area contributed by atoms with Gasteiger partial charge in [-0.1, -0.05) is 0 Å². The summed E-state index contributed by atoms with van der Waals surface area (Å²) in [6.45, 7) is 0. The molecule has 1 aromatic carbocycles. The minimum atomic E-state index is -0.0649. The van der Waals surface area contributed by atoms with E-state index in [4.69, 9.17) is 9.47 Å². The molecule has 19 heavy (non-hydrogen) atoms. The Morgan fingerprint density at radius 3 is 2.26 bits per heavy atom. The van der Waals surface area contributed by atoms with Gasteiger partial charge in [-0.15, -0.1) is 0 Å². The molecule has 0 atom stereocenters. The monoisotopic (exact) mass is 326 g/mol. The van der Waals surface area contributed by atoms with E-state index in [9.17, 15) is 9.59 Å². The highest BCUT2D eigenvalue weighted by molar-refractivity contribution is 9.10. The maximum atomic E-state index is 11.5. The topological polar surface area (TPSA) is 52.6 Å². The summed E-state index contributed by atoms with van der Waals surface area (Å²) in [5.74, 6) is 1.15. The molecule has 0 heterocycles. The van der Waals surface area contributed by atoms with Crippen LogP contribution in [0.1, 0.15) is 30.7 Å². The van der Waals surface area contributed by atoms with Crippen molar-refractivity contribution in [1.82, 2.24) is 0 Å². The smallest absolute Gasteiger partial charge is 0.174 e. The Kier molecular flexibility index (Phi) is 4.24. The number of rotatable bonds is 3. The number of methoxy groups -OCH3 is 2. The Labute approximate surface area is 120 Å². The second-order valence-corrected chi connectivity index (χ2v) is 5.45. The number of ketones is 2. The van der Waals surface area contributed by atoms with Crippen molar-refractivity contribution in [2.45, 2.75) is 25.2 Å². The second kappa shape index (κ2) is 5.74. The van der Waals surface area contributed by atoms with Gasteiger partial charge in [0, 0.05) is 12.8 Å². The van der Waals surface area contributed by atoms with Gasteiger partial charge in [0.1, 0.15) is 11.6 Å². The van der Waals surface area contributed by atoms with E-state index in [1.165, 1.54) is 0 Å². The minimum absolute atomic E-state index is 0.00663. The number of hydrogen-bond acceptors (Lipinski definition) is 4. The van der Waals surface area contributed by atoms with Crippen LogP contribution in [0.5, 0.6) is 11.5 Å². The van der Waals surface area contributed by atoms with Gasteiger partial charge in [0.15, 0.2) is 11.5 Å². The van der Waals surface area contributed by atoms with E-state index in [2.05, 4.69) is 15.9 Å². The number of ether oxygens (including phenoxy) is 2. The van der Waals surface area contributed by atoms with Gasteiger partial charge in [-0.3, -0.25) is 9.59 Å². The third-order valence-electron chi connectivity index (χ3n) is 3.27. The standard InChI is InChI=1S/C14H15BrO4/c1-18-13-6-9(5-12(15)14(13)19-2)8-3-10(16)7-11(17)4-8/h5-6,8H,3-4,7H2,1-2H3. The molecular formula is C14H15BrO4. The number of halogens is 1. The Morgan fingerprint density at radius 1 is 1.11 bits per heavy atom. The summed E-state index contributed by atoms with van der Waals surface area (Å²) in [5.41, 5.74) is 0.922. The fourth-order valence-electron chi connectivity index (χ4n) is 2.40. The molecule has 0 amide bonds. The molecule has 4 nitrogen and oxygen atoms in total. The molecule has 0 aliphatic heterocycles. The van der Waals surface area contributed by atoms with Crippen molar-refractivity contribution >= 4 is 27.5 Å². The minimum Gasteiger partial charge on any atom is -0.493 e. The van der Waals surface area contributed by atoms with Crippen molar-refractivity contribution in [3.8, 4) is 11.5 Å². The largest absolute Gasteiger partial charge is 0.493 e. The SMILES string of the molecule is COc1cc(C2CC(=O)CC(=O)C2)cc(Br)c1OC. The van der Waals surface area contributed by atoms with E-state index in [-0.39, 0.29) is 23.9 Å². The summed E-state index contributed by atoms with van der Waals surface area (Å²) in [6, 6.07) is 3.72. The zero-order valence-electron chi connectivity index (χ0n) is 10.9. The van der Waals surface area contributed by atoms with Gasteiger partial charge >= 0.3 is 0 Å². The Morgan fingerprint density at radius 2 is 1.74 bits per heavy atom. The van der Waals surface area contributed by atoms with Gasteiger partial charge in [-0.05, 0) is 39.5 Å². The molecule has 1 aliphatic rings. The normalized spacial score (nSPS) is 16.6. The van der Waals surface area contributed by atoms with E-state index < -0.39 is 0 Å². The van der Waals surface area contributed by atoms with Gasteiger partial charge in [-0.2, -0.15) is 0 Å². The molecule has 0 saturated heterocycles. The van der Waals surface area contributed by atoms with Crippen molar-refractivity contribution < 1.29 is 19.1 Å². The van der Waals surface area contributed by atoms with Gasteiger partial charge in [0.05, 0.1) is 25.1 Å². The number of benzene rings is 1. The van der Waals surface area contributed by atoms with E-state index in [0.29, 0.717) is 24.3 Å². The molecule has 0 spiro atoms. The predicted octanol–water partition coefficient (Wildman–Crippen LogP) is 2.87. The highest BCUT2D eigenvalue weighted by Crippen LogP contribution is 2.40. The van der Waals surface area contributed by atoms with Crippen molar-refractivity contribution in [3.63, 3.8) is 0 Å². The van der Waals surface area contributed by atoms with Gasteiger partial charge < -0.3 is 9.47 Å². The van der Waals surface area contributed by atoms with E-state index >= 15 is 0 Å². The number of hydrogen-bond donors (Lipinski definition) is 0. The molecule has 2 rings (SSSR count). The molecule has 0 aromatic heterocycles. The van der Waals surface area contributed by atoms with Crippen LogP contribution in [0.25, 0.3) is 0 Å². The number of Topliss-reactive ketones (excluding diaryl/α,β-unsaturated/α-hetero) is 2. The van der Waals surface area contributed by atoms with E-state index in [1.54, 1.807) is 14.2 Å². The summed E-state index contributed by atoms with van der Waals surface area (Å²) in [7, 11) is 3.13. The Balaban J connectivity index is 2.37. The molecular weight excluding hydrogens is 312 g/mol. The lowest BCUT2D eigenvalue weighted by Crippen LogP contribution is -2.21. The maximum Gasteiger partial charge on any atom is 0.174 e. The highest BCUT2D eigenvalue weighted by Gasteiger charge is 2.27. The molecule has 1 aliphatic carbocycles. The molecule has 1 saturated carbocycles. The number of carbonyl (C=O) groups excluding carboxylic acids is 2. The number of carbonyl (C=O) groups is 2. The summed E-state index contributed by atoms with van der Waals surface area (Å²) in [4.78, 5) is 23.1. The van der Waals surface area contributed by atoms with E-state index in [1.807, 2.05) is 12.1 Å². The molecule has 0 N–H and O–H groups in total. The average molecular weight is 327 g/mol. The summed E-state index contributed by atoms with van der Waals surface area (Å²) >= 11 is 3.42. The predicted molar refractivity (Wildman–Crippen MR) is 73.9 cm³/mol. The van der Waals surface area contributed by atoms with Crippen LogP contribution in [-0.2, 0) is 9.59 Å². The lowest BCUT2D eigenvalue weighted by Gasteiger charge is -2.22. The van der Waals surface area contributed by atoms with Crippen LogP contribution < -0.4 is 9.47 Å². The van der Waals surface area contributed by atoms with Crippen LogP contribution in [0.4, 0.5) is 0 Å². The highest BCUT2D eigenvalue weighted by atomic mass is 79.9. The van der Waals surface area contributed by atoms with Gasteiger partial charge in [0.2, 0.25) is 0 Å². The van der Waals surface area contributed by atoms with Crippen LogP contribution in [0, 0.1) is 0 Å². The second-order valence-electron chi connectivity index (χ2n) is 4.60. The van der Waals surface area contributed by atoms with E-state index in [0.717, 1.165) is 10.0 Å². The fraction of sp³-hybridized carbons (Fsp3) is 0.429. The first kappa shape index (κ1) is 14.1. The van der Waals surface area contributed by atoms with Crippen LogP contribution >= 0.6 is 15.9 Å². The van der Waals surface area contributed by atoms with Gasteiger partial charge in [0.25, 0.3) is 0 Å². The van der Waals surface area contributed by atoms with Crippen molar-refractivity contribution in [1.29, 1.82) is 0 Å². The molecule has 5 heteroatoms. The average Bonchev–Trinajstić information content (AvgIpc) is 2.36. The zero-order valence-corrected chi connectivity index (χ0v) is 12.5. The maximum absolute atomic E-state index is 11.5. The zero-order chi connectivity index (χ0) is 14.0. The lowest BCUT2D eigenvalue weighted by molar-refractivity contribution is -0.130. The van der Waals surface area contributed by atoms with Crippen LogP contribution in [0.3, 0.4) is 0 Å². The van der Waals surface area contributed by atoms with Crippen LogP contribution in [0.15, 0.2) is 16.6 Å². The summed E-state index contributed by atoms with van der Waals surface area (Å²) < 4.78 is 11.3. The van der Waals surface area contributed by atoms with Crippen molar-refractivity contribution in [2.24, 2.45) is 0 Å². The third kappa shape index (κ3) is 2.97. The quantitative estimate of drug-likeness (QED) is 0.801. The Hall–Kier alpha value is -1.36. The lowest BCUT2D eigenvalue weighted by atomic mass is 9.82. The fourth-order valence-corrected chi connectivity index (χ4v) is 3.02. The van der Waals surface area contributed by atoms with Crippen LogP contribution in [-0.4, -0.2) is 25.8 Å². The molecule has 0 radical (unpaired) electrons. The molecule has 0 bridgehead atoms. The first-order valence-corrected chi connectivity index (χ1v) is 6.79. The first-order valence-electron chi connectivity index (χ1n) is 6.00. The summed E-state index contributed by atoms with van der Waals surface area (Å²) in [6.07, 6.45) is 0.895. The Bertz CT molecular complexity index is 508. The van der Waals surface area contributed by atoms with Crippen LogP contribution in [0.2, 0.25) is 0 Å². The third-order valence-corrected chi connectivity index (χ3v) is 3.86. The van der Waals surface area contributed by atoms with Crippen molar-refractivity contribution in [2.75, 3.05) is 14.2 Å². The molecule has 1 aromatic rings.